The van der Waals surface area contributed by atoms with E-state index in [0.29, 0.717) is 5.75 Å². The van der Waals surface area contributed by atoms with Gasteiger partial charge in [-0.1, -0.05) is 18.2 Å². The molecule has 4 nitrogen and oxygen atoms in total. The molecule has 0 fully saturated rings. The second kappa shape index (κ2) is 9.85. The van der Waals surface area contributed by atoms with Crippen LogP contribution in [0.5, 0.6) is 5.75 Å². The summed E-state index contributed by atoms with van der Waals surface area (Å²) in [5.74, 6) is 0.630. The van der Waals surface area contributed by atoms with Gasteiger partial charge in [-0.05, 0) is 77.2 Å². The summed E-state index contributed by atoms with van der Waals surface area (Å²) in [7, 11) is 0. The molecule has 0 atom stereocenters. The Morgan fingerprint density at radius 1 is 1.03 bits per heavy atom. The standard InChI is InChI=1S/C25H26F3NO3S/c1-16-22(18-2-5-20(6-3-18)25(26,27)28)15-33-23(16)13-29-10-8-17-4-7-21(32-14-24(30)31)12-19(17)9-11-29/h2-7,12,15,24,30-31H,8-11,13-14H2,1H3. The van der Waals surface area contributed by atoms with Crippen LogP contribution in [-0.4, -0.2) is 41.1 Å². The lowest BCUT2D eigenvalue weighted by molar-refractivity contribution is -0.137. The van der Waals surface area contributed by atoms with E-state index in [4.69, 9.17) is 14.9 Å². The second-order valence-electron chi connectivity index (χ2n) is 8.27. The van der Waals surface area contributed by atoms with Gasteiger partial charge in [-0.15, -0.1) is 11.3 Å². The monoisotopic (exact) mass is 477 g/mol. The Labute approximate surface area is 194 Å². The van der Waals surface area contributed by atoms with Gasteiger partial charge < -0.3 is 14.9 Å². The molecule has 2 N–H and O–H groups in total. The molecular weight excluding hydrogens is 451 g/mol. The lowest BCUT2D eigenvalue weighted by Gasteiger charge is -2.19. The molecule has 176 valence electrons. The number of aliphatic hydroxyl groups is 2. The molecule has 0 amide bonds. The molecule has 1 aromatic heterocycles. The molecule has 0 spiro atoms. The number of hydrogen-bond acceptors (Lipinski definition) is 5. The Balaban J connectivity index is 1.42. The van der Waals surface area contributed by atoms with Crippen LogP contribution in [0.15, 0.2) is 47.8 Å². The topological polar surface area (TPSA) is 52.9 Å². The highest BCUT2D eigenvalue weighted by Crippen LogP contribution is 2.35. The van der Waals surface area contributed by atoms with E-state index in [2.05, 4.69) is 4.90 Å². The Bertz CT molecular complexity index is 1090. The van der Waals surface area contributed by atoms with Crippen molar-refractivity contribution in [3.05, 3.63) is 75.0 Å². The first kappa shape index (κ1) is 23.8. The zero-order valence-corrected chi connectivity index (χ0v) is 19.0. The van der Waals surface area contributed by atoms with Crippen LogP contribution < -0.4 is 4.74 Å². The Kier molecular flexibility index (Phi) is 7.09. The van der Waals surface area contributed by atoms with Crippen LogP contribution in [0.4, 0.5) is 13.2 Å². The molecular formula is C25H26F3NO3S. The summed E-state index contributed by atoms with van der Waals surface area (Å²) >= 11 is 1.65. The number of ether oxygens (including phenoxy) is 1. The van der Waals surface area contributed by atoms with E-state index in [-0.39, 0.29) is 6.61 Å². The van der Waals surface area contributed by atoms with Crippen LogP contribution in [0, 0.1) is 6.92 Å². The minimum Gasteiger partial charge on any atom is -0.488 e. The quantitative estimate of drug-likeness (QED) is 0.489. The average molecular weight is 478 g/mol. The van der Waals surface area contributed by atoms with Crippen molar-refractivity contribution in [3.63, 3.8) is 0 Å². The van der Waals surface area contributed by atoms with E-state index in [0.717, 1.165) is 61.3 Å². The lowest BCUT2D eigenvalue weighted by atomic mass is 10.0. The normalized spacial score (nSPS) is 14.9. The van der Waals surface area contributed by atoms with Gasteiger partial charge in [0.2, 0.25) is 0 Å². The summed E-state index contributed by atoms with van der Waals surface area (Å²) in [5, 5.41) is 20.0. The van der Waals surface area contributed by atoms with Crippen molar-refractivity contribution in [2.75, 3.05) is 19.7 Å². The number of aliphatic hydroxyl groups excluding tert-OH is 1. The summed E-state index contributed by atoms with van der Waals surface area (Å²) in [5.41, 5.74) is 4.73. The molecule has 4 rings (SSSR count). The van der Waals surface area contributed by atoms with E-state index >= 15 is 0 Å². The minimum absolute atomic E-state index is 0.163. The maximum Gasteiger partial charge on any atom is 0.416 e. The van der Waals surface area contributed by atoms with Crippen LogP contribution in [0.2, 0.25) is 0 Å². The Morgan fingerprint density at radius 3 is 2.39 bits per heavy atom. The van der Waals surface area contributed by atoms with Crippen LogP contribution >= 0.6 is 11.3 Å². The molecule has 1 aliphatic rings. The summed E-state index contributed by atoms with van der Waals surface area (Å²) in [6.07, 6.45) is -4.05. The fraction of sp³-hybridized carbons (Fsp3) is 0.360. The number of fused-ring (bicyclic) bond motifs is 1. The molecule has 3 aromatic rings. The summed E-state index contributed by atoms with van der Waals surface area (Å²) in [6, 6.07) is 11.2. The number of halogens is 3. The third-order valence-corrected chi connectivity index (χ3v) is 7.08. The highest BCUT2D eigenvalue weighted by atomic mass is 32.1. The Morgan fingerprint density at radius 2 is 1.73 bits per heavy atom. The van der Waals surface area contributed by atoms with Crippen molar-refractivity contribution < 1.29 is 28.1 Å². The van der Waals surface area contributed by atoms with E-state index in [9.17, 15) is 13.2 Å². The van der Waals surface area contributed by atoms with Crippen LogP contribution in [0.1, 0.15) is 27.1 Å². The molecule has 0 saturated heterocycles. The number of nitrogens with zero attached hydrogens (tertiary/aromatic N) is 1. The van der Waals surface area contributed by atoms with Gasteiger partial charge in [-0.2, -0.15) is 13.2 Å². The summed E-state index contributed by atoms with van der Waals surface area (Å²) in [4.78, 5) is 3.62. The van der Waals surface area contributed by atoms with Gasteiger partial charge in [0.1, 0.15) is 12.4 Å². The maximum atomic E-state index is 12.9. The van der Waals surface area contributed by atoms with Crippen molar-refractivity contribution in [2.24, 2.45) is 0 Å². The molecule has 0 saturated carbocycles. The van der Waals surface area contributed by atoms with Crippen LogP contribution in [0.3, 0.4) is 0 Å². The zero-order valence-electron chi connectivity index (χ0n) is 18.2. The molecule has 0 radical (unpaired) electrons. The summed E-state index contributed by atoms with van der Waals surface area (Å²) < 4.78 is 44.0. The average Bonchev–Trinajstić information content (AvgIpc) is 3.01. The SMILES string of the molecule is Cc1c(-c2ccc(C(F)(F)F)cc2)csc1CN1CCc2ccc(OCC(O)O)cc2CC1. The molecule has 0 bridgehead atoms. The number of rotatable bonds is 6. The van der Waals surface area contributed by atoms with E-state index in [1.54, 1.807) is 23.5 Å². The van der Waals surface area contributed by atoms with Crippen molar-refractivity contribution in [2.45, 2.75) is 38.8 Å². The molecule has 33 heavy (non-hydrogen) atoms. The fourth-order valence-electron chi connectivity index (χ4n) is 4.11. The van der Waals surface area contributed by atoms with Gasteiger partial charge in [-0.3, -0.25) is 4.90 Å². The molecule has 2 aromatic carbocycles. The molecule has 0 aliphatic carbocycles. The van der Waals surface area contributed by atoms with Gasteiger partial charge in [-0.25, -0.2) is 0 Å². The molecule has 0 unspecified atom stereocenters. The first-order chi connectivity index (χ1) is 15.7. The first-order valence-corrected chi connectivity index (χ1v) is 11.7. The van der Waals surface area contributed by atoms with Crippen molar-refractivity contribution in [1.29, 1.82) is 0 Å². The lowest BCUT2D eigenvalue weighted by Crippen LogP contribution is -2.25. The maximum absolute atomic E-state index is 12.9. The highest BCUT2D eigenvalue weighted by Gasteiger charge is 2.30. The van der Waals surface area contributed by atoms with Crippen LogP contribution in [0.25, 0.3) is 11.1 Å². The van der Waals surface area contributed by atoms with Crippen molar-refractivity contribution >= 4 is 11.3 Å². The van der Waals surface area contributed by atoms with E-state index < -0.39 is 18.0 Å². The molecule has 2 heterocycles. The highest BCUT2D eigenvalue weighted by molar-refractivity contribution is 7.10. The number of alkyl halides is 3. The largest absolute Gasteiger partial charge is 0.488 e. The third kappa shape index (κ3) is 5.76. The smallest absolute Gasteiger partial charge is 0.416 e. The number of thiophene rings is 1. The predicted octanol–water partition coefficient (Wildman–Crippen LogP) is 5.03. The van der Waals surface area contributed by atoms with Crippen molar-refractivity contribution in [3.8, 4) is 16.9 Å². The van der Waals surface area contributed by atoms with E-state index in [1.807, 2.05) is 30.5 Å². The molecule has 1 aliphatic heterocycles. The van der Waals surface area contributed by atoms with Gasteiger partial charge in [0.25, 0.3) is 0 Å². The van der Waals surface area contributed by atoms with Gasteiger partial charge in [0.15, 0.2) is 6.29 Å². The predicted molar refractivity (Wildman–Crippen MR) is 122 cm³/mol. The van der Waals surface area contributed by atoms with E-state index in [1.165, 1.54) is 16.0 Å². The second-order valence-corrected chi connectivity index (χ2v) is 9.24. The van der Waals surface area contributed by atoms with Gasteiger partial charge in [0, 0.05) is 24.5 Å². The first-order valence-electron chi connectivity index (χ1n) is 10.8. The number of benzene rings is 2. The number of hydrogen-bond donors (Lipinski definition) is 2. The fourth-order valence-corrected chi connectivity index (χ4v) is 5.22. The summed E-state index contributed by atoms with van der Waals surface area (Å²) in [6.45, 7) is 4.46. The Hall–Kier alpha value is -2.39. The van der Waals surface area contributed by atoms with Crippen LogP contribution in [-0.2, 0) is 25.6 Å². The zero-order chi connectivity index (χ0) is 23.6. The van der Waals surface area contributed by atoms with Gasteiger partial charge in [0.05, 0.1) is 5.56 Å². The van der Waals surface area contributed by atoms with Crippen molar-refractivity contribution in [1.82, 2.24) is 4.90 Å². The minimum atomic E-state index is -4.33. The van der Waals surface area contributed by atoms with Gasteiger partial charge >= 0.3 is 6.18 Å². The molecule has 8 heteroatoms. The third-order valence-electron chi connectivity index (χ3n) is 6.00.